The van der Waals surface area contributed by atoms with Gasteiger partial charge in [-0.2, -0.15) is 0 Å². The molecule has 0 spiro atoms. The minimum absolute atomic E-state index is 0.0610. The van der Waals surface area contributed by atoms with Crippen LogP contribution in [0.4, 0.5) is 9.18 Å². The van der Waals surface area contributed by atoms with Gasteiger partial charge in [0.25, 0.3) is 0 Å². The van der Waals surface area contributed by atoms with Gasteiger partial charge in [0.15, 0.2) is 11.5 Å². The Hall–Kier alpha value is -3.46. The third kappa shape index (κ3) is 4.36. The summed E-state index contributed by atoms with van der Waals surface area (Å²) in [5.74, 6) is 0.138. The molecule has 0 aliphatic carbocycles. The van der Waals surface area contributed by atoms with Gasteiger partial charge in [0.1, 0.15) is 18.2 Å². The molecule has 1 atom stereocenters. The number of esters is 1. The molecule has 0 fully saturated rings. The number of hydrogen-bond acceptors (Lipinski definition) is 6. The van der Waals surface area contributed by atoms with Gasteiger partial charge in [-0.1, -0.05) is 17.7 Å². The van der Waals surface area contributed by atoms with E-state index in [1.54, 1.807) is 25.1 Å². The molecule has 2 aliphatic rings. The number of benzene rings is 2. The summed E-state index contributed by atoms with van der Waals surface area (Å²) in [7, 11) is 0. The SMILES string of the molecule is CCOC(=O)C1=C(COc2ccc(F)cc2Cl)NC(=O)N[C@@H]1c1ccc2c(c1)OCO2. The van der Waals surface area contributed by atoms with Crippen LogP contribution < -0.4 is 24.8 Å². The largest absolute Gasteiger partial charge is 0.486 e. The average Bonchev–Trinajstić information content (AvgIpc) is 3.20. The van der Waals surface area contributed by atoms with Crippen LogP contribution in [-0.2, 0) is 9.53 Å². The molecule has 2 aromatic rings. The Labute approximate surface area is 181 Å². The van der Waals surface area contributed by atoms with Gasteiger partial charge < -0.3 is 29.6 Å². The Bertz CT molecular complexity index is 1070. The van der Waals surface area contributed by atoms with E-state index in [1.165, 1.54) is 12.1 Å². The van der Waals surface area contributed by atoms with Crippen LogP contribution in [0.5, 0.6) is 17.2 Å². The van der Waals surface area contributed by atoms with Crippen LogP contribution in [0.2, 0.25) is 5.02 Å². The second-order valence-corrected chi connectivity index (χ2v) is 7.03. The van der Waals surface area contributed by atoms with E-state index in [4.69, 9.17) is 30.5 Å². The maximum absolute atomic E-state index is 13.3. The molecule has 2 aromatic carbocycles. The van der Waals surface area contributed by atoms with Crippen molar-refractivity contribution in [2.45, 2.75) is 13.0 Å². The highest BCUT2D eigenvalue weighted by atomic mass is 35.5. The maximum Gasteiger partial charge on any atom is 0.338 e. The van der Waals surface area contributed by atoms with Gasteiger partial charge in [-0.25, -0.2) is 14.0 Å². The zero-order valence-corrected chi connectivity index (χ0v) is 17.1. The standard InChI is InChI=1S/C21H18ClFN2O6/c1-2-28-20(26)18-14(9-29-15-6-4-12(23)8-13(15)22)24-21(27)25-19(18)11-3-5-16-17(7-11)31-10-30-16/h3-8,19H,2,9-10H2,1H3,(H2,24,25,27)/t19-/m1/s1. The zero-order valence-electron chi connectivity index (χ0n) is 16.4. The van der Waals surface area contributed by atoms with Crippen molar-refractivity contribution in [3.05, 3.63) is 64.1 Å². The Morgan fingerprint density at radius 3 is 2.81 bits per heavy atom. The number of rotatable bonds is 6. The number of fused-ring (bicyclic) bond motifs is 1. The van der Waals surface area contributed by atoms with Crippen molar-refractivity contribution in [2.24, 2.45) is 0 Å². The van der Waals surface area contributed by atoms with Crippen molar-refractivity contribution in [2.75, 3.05) is 20.0 Å². The molecule has 0 aromatic heterocycles. The van der Waals surface area contributed by atoms with Crippen molar-refractivity contribution < 1.29 is 32.9 Å². The lowest BCUT2D eigenvalue weighted by atomic mass is 9.95. The maximum atomic E-state index is 13.3. The van der Waals surface area contributed by atoms with Gasteiger partial charge in [0, 0.05) is 0 Å². The first-order valence-electron chi connectivity index (χ1n) is 9.41. The minimum Gasteiger partial charge on any atom is -0.486 e. The van der Waals surface area contributed by atoms with Crippen LogP contribution in [0, 0.1) is 5.82 Å². The van der Waals surface area contributed by atoms with Crippen LogP contribution in [0.25, 0.3) is 0 Å². The molecule has 162 valence electrons. The number of amides is 2. The first kappa shape index (κ1) is 20.8. The number of carbonyl (C=O) groups is 2. The zero-order chi connectivity index (χ0) is 22.0. The highest BCUT2D eigenvalue weighted by molar-refractivity contribution is 6.32. The molecule has 2 amide bonds. The van der Waals surface area contributed by atoms with E-state index in [1.807, 2.05) is 0 Å². The molecular weight excluding hydrogens is 431 g/mol. The molecule has 0 saturated heterocycles. The van der Waals surface area contributed by atoms with Crippen LogP contribution in [0.3, 0.4) is 0 Å². The molecule has 4 rings (SSSR count). The second-order valence-electron chi connectivity index (χ2n) is 6.62. The molecule has 8 nitrogen and oxygen atoms in total. The van der Waals surface area contributed by atoms with Crippen molar-refractivity contribution in [3.63, 3.8) is 0 Å². The Kier molecular flexibility index (Phi) is 5.85. The van der Waals surface area contributed by atoms with E-state index in [0.717, 1.165) is 6.07 Å². The molecule has 2 aliphatic heterocycles. The topological polar surface area (TPSA) is 95.1 Å². The average molecular weight is 449 g/mol. The Morgan fingerprint density at radius 2 is 2.03 bits per heavy atom. The summed E-state index contributed by atoms with van der Waals surface area (Å²) in [5, 5.41) is 5.37. The predicted octanol–water partition coefficient (Wildman–Crippen LogP) is 3.46. The summed E-state index contributed by atoms with van der Waals surface area (Å²) in [5.41, 5.74) is 0.961. The number of ether oxygens (including phenoxy) is 4. The monoisotopic (exact) mass is 448 g/mol. The smallest absolute Gasteiger partial charge is 0.338 e. The highest BCUT2D eigenvalue weighted by Crippen LogP contribution is 2.37. The van der Waals surface area contributed by atoms with Crippen molar-refractivity contribution in [1.29, 1.82) is 0 Å². The van der Waals surface area contributed by atoms with E-state index in [0.29, 0.717) is 17.1 Å². The fraction of sp³-hybridized carbons (Fsp3) is 0.238. The first-order chi connectivity index (χ1) is 15.0. The van der Waals surface area contributed by atoms with Gasteiger partial charge in [0.05, 0.1) is 28.9 Å². The first-order valence-corrected chi connectivity index (χ1v) is 9.79. The Balaban J connectivity index is 1.69. The molecule has 0 radical (unpaired) electrons. The molecule has 31 heavy (non-hydrogen) atoms. The number of urea groups is 1. The van der Waals surface area contributed by atoms with Crippen LogP contribution in [0.1, 0.15) is 18.5 Å². The molecule has 2 heterocycles. The van der Waals surface area contributed by atoms with Crippen molar-refractivity contribution in [1.82, 2.24) is 10.6 Å². The van der Waals surface area contributed by atoms with E-state index >= 15 is 0 Å². The second kappa shape index (κ2) is 8.73. The van der Waals surface area contributed by atoms with Crippen LogP contribution in [0.15, 0.2) is 47.7 Å². The summed E-state index contributed by atoms with van der Waals surface area (Å²) in [6, 6.07) is 7.42. The highest BCUT2D eigenvalue weighted by Gasteiger charge is 2.35. The Morgan fingerprint density at radius 1 is 1.23 bits per heavy atom. The van der Waals surface area contributed by atoms with E-state index < -0.39 is 23.9 Å². The summed E-state index contributed by atoms with van der Waals surface area (Å²) in [6.45, 7) is 1.71. The number of nitrogens with one attached hydrogen (secondary N) is 2. The van der Waals surface area contributed by atoms with Crippen LogP contribution in [-0.4, -0.2) is 32.0 Å². The van der Waals surface area contributed by atoms with Gasteiger partial charge in [-0.05, 0) is 42.8 Å². The minimum atomic E-state index is -0.815. The molecule has 2 N–H and O–H groups in total. The normalized spacial score (nSPS) is 17.1. The van der Waals surface area contributed by atoms with Crippen molar-refractivity contribution in [3.8, 4) is 17.2 Å². The fourth-order valence-electron chi connectivity index (χ4n) is 3.27. The summed E-state index contributed by atoms with van der Waals surface area (Å²) < 4.78 is 34.9. The fourth-order valence-corrected chi connectivity index (χ4v) is 3.49. The summed E-state index contributed by atoms with van der Waals surface area (Å²) in [4.78, 5) is 25.1. The quantitative estimate of drug-likeness (QED) is 0.657. The lowest BCUT2D eigenvalue weighted by molar-refractivity contribution is -0.139. The number of hydrogen-bond donors (Lipinski definition) is 2. The van der Waals surface area contributed by atoms with Gasteiger partial charge in [0.2, 0.25) is 6.79 Å². The number of halogens is 2. The molecule has 0 unspecified atom stereocenters. The summed E-state index contributed by atoms with van der Waals surface area (Å²) >= 11 is 6.01. The van der Waals surface area contributed by atoms with Gasteiger partial charge >= 0.3 is 12.0 Å². The number of carbonyl (C=O) groups excluding carboxylic acids is 2. The van der Waals surface area contributed by atoms with Gasteiger partial charge in [-0.3, -0.25) is 0 Å². The van der Waals surface area contributed by atoms with Gasteiger partial charge in [-0.15, -0.1) is 0 Å². The molecular formula is C21H18ClFN2O6. The molecule has 10 heteroatoms. The van der Waals surface area contributed by atoms with E-state index in [2.05, 4.69) is 10.6 Å². The third-order valence-corrected chi connectivity index (χ3v) is 4.94. The molecule has 0 bridgehead atoms. The predicted molar refractivity (Wildman–Crippen MR) is 108 cm³/mol. The van der Waals surface area contributed by atoms with E-state index in [-0.39, 0.29) is 42.0 Å². The lowest BCUT2D eigenvalue weighted by Crippen LogP contribution is -2.47. The summed E-state index contributed by atoms with van der Waals surface area (Å²) in [6.07, 6.45) is 0. The third-order valence-electron chi connectivity index (χ3n) is 4.64. The molecule has 0 saturated carbocycles. The van der Waals surface area contributed by atoms with Crippen LogP contribution >= 0.6 is 11.6 Å². The van der Waals surface area contributed by atoms with Crippen molar-refractivity contribution >= 4 is 23.6 Å². The lowest BCUT2D eigenvalue weighted by Gasteiger charge is -2.29. The van der Waals surface area contributed by atoms with E-state index in [9.17, 15) is 14.0 Å².